The molecule has 0 amide bonds. The molecule has 1 aliphatic heterocycles. The second kappa shape index (κ2) is 4.79. The number of rotatable bonds is 2. The first-order chi connectivity index (χ1) is 8.08. The van der Waals surface area contributed by atoms with E-state index in [1.807, 2.05) is 0 Å². The van der Waals surface area contributed by atoms with Crippen molar-refractivity contribution in [2.45, 2.75) is 39.2 Å². The first-order valence-electron chi connectivity index (χ1n) is 6.58. The summed E-state index contributed by atoms with van der Waals surface area (Å²) in [7, 11) is 0. The molecule has 1 aromatic carbocycles. The predicted molar refractivity (Wildman–Crippen MR) is 71.1 cm³/mol. The van der Waals surface area contributed by atoms with Gasteiger partial charge in [0.05, 0.1) is 5.60 Å². The van der Waals surface area contributed by atoms with Gasteiger partial charge in [-0.2, -0.15) is 0 Å². The Labute approximate surface area is 104 Å². The molecule has 94 valence electrons. The molecule has 1 aliphatic rings. The molecule has 0 saturated carbocycles. The van der Waals surface area contributed by atoms with Gasteiger partial charge in [0.25, 0.3) is 0 Å². The number of nitrogens with one attached hydrogen (secondary N) is 1. The van der Waals surface area contributed by atoms with E-state index < -0.39 is 5.60 Å². The lowest BCUT2D eigenvalue weighted by atomic mass is 9.74. The standard InChI is InChI=1S/C15H23NO/c1-4-13-10-16-8-7-15(13,17)14-6-5-11(2)9-12(14)3/h5-6,9,13,16-17H,4,7-8,10H2,1-3H3. The normalized spacial score (nSPS) is 29.3. The van der Waals surface area contributed by atoms with E-state index in [0.717, 1.165) is 31.5 Å². The van der Waals surface area contributed by atoms with E-state index in [2.05, 4.69) is 44.3 Å². The maximum Gasteiger partial charge on any atom is 0.0951 e. The van der Waals surface area contributed by atoms with Crippen molar-refractivity contribution in [2.24, 2.45) is 5.92 Å². The lowest BCUT2D eigenvalue weighted by molar-refractivity contribution is -0.0483. The van der Waals surface area contributed by atoms with Gasteiger partial charge in [-0.3, -0.25) is 0 Å². The Bertz CT molecular complexity index is 402. The Balaban J connectivity index is 2.41. The Hall–Kier alpha value is -0.860. The van der Waals surface area contributed by atoms with Gasteiger partial charge in [0.2, 0.25) is 0 Å². The quantitative estimate of drug-likeness (QED) is 0.822. The van der Waals surface area contributed by atoms with Gasteiger partial charge >= 0.3 is 0 Å². The molecule has 2 rings (SSSR count). The molecule has 17 heavy (non-hydrogen) atoms. The minimum absolute atomic E-state index is 0.317. The van der Waals surface area contributed by atoms with E-state index in [9.17, 15) is 5.11 Å². The molecule has 0 aromatic heterocycles. The molecule has 2 heteroatoms. The average Bonchev–Trinajstić information content (AvgIpc) is 2.29. The SMILES string of the molecule is CCC1CNCCC1(O)c1ccc(C)cc1C. The topological polar surface area (TPSA) is 32.3 Å². The van der Waals surface area contributed by atoms with Crippen molar-refractivity contribution in [3.05, 3.63) is 34.9 Å². The minimum atomic E-state index is -0.641. The minimum Gasteiger partial charge on any atom is -0.385 e. The highest BCUT2D eigenvalue weighted by atomic mass is 16.3. The molecule has 1 fully saturated rings. The first-order valence-corrected chi connectivity index (χ1v) is 6.58. The van der Waals surface area contributed by atoms with E-state index in [4.69, 9.17) is 0 Å². The second-order valence-electron chi connectivity index (χ2n) is 5.30. The summed E-state index contributed by atoms with van der Waals surface area (Å²) >= 11 is 0. The van der Waals surface area contributed by atoms with Crippen LogP contribution >= 0.6 is 0 Å². The molecular formula is C15H23NO. The summed E-state index contributed by atoms with van der Waals surface area (Å²) in [5.41, 5.74) is 2.96. The summed E-state index contributed by atoms with van der Waals surface area (Å²) in [5.74, 6) is 0.317. The third-order valence-electron chi connectivity index (χ3n) is 4.09. The van der Waals surface area contributed by atoms with Crippen LogP contribution in [0.15, 0.2) is 18.2 Å². The molecule has 0 bridgehead atoms. The number of benzene rings is 1. The second-order valence-corrected chi connectivity index (χ2v) is 5.30. The third-order valence-corrected chi connectivity index (χ3v) is 4.09. The van der Waals surface area contributed by atoms with Gasteiger partial charge in [0.15, 0.2) is 0 Å². The highest BCUT2D eigenvalue weighted by Crippen LogP contribution is 2.38. The third kappa shape index (κ3) is 2.24. The van der Waals surface area contributed by atoms with Crippen LogP contribution in [0, 0.1) is 19.8 Å². The zero-order valence-electron chi connectivity index (χ0n) is 11.1. The van der Waals surface area contributed by atoms with E-state index in [1.165, 1.54) is 11.1 Å². The zero-order valence-corrected chi connectivity index (χ0v) is 11.1. The lowest BCUT2D eigenvalue weighted by Crippen LogP contribution is -2.48. The van der Waals surface area contributed by atoms with Crippen molar-refractivity contribution in [2.75, 3.05) is 13.1 Å². The average molecular weight is 233 g/mol. The van der Waals surface area contributed by atoms with Gasteiger partial charge in [-0.15, -0.1) is 0 Å². The summed E-state index contributed by atoms with van der Waals surface area (Å²) in [6.45, 7) is 8.18. The van der Waals surface area contributed by atoms with Gasteiger partial charge < -0.3 is 10.4 Å². The van der Waals surface area contributed by atoms with Crippen molar-refractivity contribution < 1.29 is 5.11 Å². The van der Waals surface area contributed by atoms with Gasteiger partial charge in [-0.1, -0.05) is 30.7 Å². The van der Waals surface area contributed by atoms with Crippen LogP contribution in [0.4, 0.5) is 0 Å². The van der Waals surface area contributed by atoms with Gasteiger partial charge in [-0.05, 0) is 44.4 Å². The van der Waals surface area contributed by atoms with Crippen LogP contribution in [0.25, 0.3) is 0 Å². The lowest BCUT2D eigenvalue weighted by Gasteiger charge is -2.41. The Morgan fingerprint density at radius 1 is 1.41 bits per heavy atom. The molecule has 1 saturated heterocycles. The van der Waals surface area contributed by atoms with Crippen LogP contribution < -0.4 is 5.32 Å². The van der Waals surface area contributed by atoms with E-state index in [0.29, 0.717) is 5.92 Å². The molecule has 0 radical (unpaired) electrons. The van der Waals surface area contributed by atoms with Crippen molar-refractivity contribution in [3.63, 3.8) is 0 Å². The molecule has 1 aromatic rings. The summed E-state index contributed by atoms with van der Waals surface area (Å²) in [6, 6.07) is 6.38. The van der Waals surface area contributed by atoms with E-state index >= 15 is 0 Å². The predicted octanol–water partition coefficient (Wildman–Crippen LogP) is 2.51. The Morgan fingerprint density at radius 2 is 2.18 bits per heavy atom. The highest BCUT2D eigenvalue weighted by molar-refractivity contribution is 5.35. The summed E-state index contributed by atoms with van der Waals surface area (Å²) in [5, 5.41) is 14.4. The Morgan fingerprint density at radius 3 is 2.82 bits per heavy atom. The Kier molecular flexibility index (Phi) is 3.55. The maximum atomic E-state index is 11.0. The van der Waals surface area contributed by atoms with Crippen LogP contribution in [-0.4, -0.2) is 18.2 Å². The molecule has 2 N–H and O–H groups in total. The van der Waals surface area contributed by atoms with Crippen LogP contribution in [0.1, 0.15) is 36.5 Å². The van der Waals surface area contributed by atoms with Crippen LogP contribution in [0.2, 0.25) is 0 Å². The maximum absolute atomic E-state index is 11.0. The summed E-state index contributed by atoms with van der Waals surface area (Å²) in [6.07, 6.45) is 1.83. The molecule has 0 spiro atoms. The van der Waals surface area contributed by atoms with Crippen molar-refractivity contribution in [1.82, 2.24) is 5.32 Å². The number of hydrogen-bond acceptors (Lipinski definition) is 2. The van der Waals surface area contributed by atoms with Gasteiger partial charge in [0, 0.05) is 12.5 Å². The molecule has 2 unspecified atom stereocenters. The van der Waals surface area contributed by atoms with Crippen LogP contribution in [0.3, 0.4) is 0 Å². The fraction of sp³-hybridized carbons (Fsp3) is 0.600. The zero-order chi connectivity index (χ0) is 12.5. The fourth-order valence-electron chi connectivity index (χ4n) is 3.06. The highest BCUT2D eigenvalue weighted by Gasteiger charge is 2.40. The van der Waals surface area contributed by atoms with Gasteiger partial charge in [-0.25, -0.2) is 0 Å². The number of aryl methyl sites for hydroxylation is 2. The molecule has 2 atom stereocenters. The van der Waals surface area contributed by atoms with Crippen LogP contribution in [0.5, 0.6) is 0 Å². The van der Waals surface area contributed by atoms with Gasteiger partial charge in [0.1, 0.15) is 0 Å². The van der Waals surface area contributed by atoms with Crippen LogP contribution in [-0.2, 0) is 5.60 Å². The summed E-state index contributed by atoms with van der Waals surface area (Å²) < 4.78 is 0. The van der Waals surface area contributed by atoms with Crippen molar-refractivity contribution in [3.8, 4) is 0 Å². The molecule has 0 aliphatic carbocycles. The monoisotopic (exact) mass is 233 g/mol. The molecular weight excluding hydrogens is 210 g/mol. The largest absolute Gasteiger partial charge is 0.385 e. The van der Waals surface area contributed by atoms with Crippen molar-refractivity contribution >= 4 is 0 Å². The number of hydrogen-bond donors (Lipinski definition) is 2. The molecule has 2 nitrogen and oxygen atoms in total. The summed E-state index contributed by atoms with van der Waals surface area (Å²) in [4.78, 5) is 0. The first kappa shape index (κ1) is 12.6. The van der Waals surface area contributed by atoms with E-state index in [1.54, 1.807) is 0 Å². The fourth-order valence-corrected chi connectivity index (χ4v) is 3.06. The smallest absolute Gasteiger partial charge is 0.0951 e. The van der Waals surface area contributed by atoms with Crippen molar-refractivity contribution in [1.29, 1.82) is 0 Å². The van der Waals surface area contributed by atoms with E-state index in [-0.39, 0.29) is 0 Å². The number of piperidine rings is 1. The molecule has 1 heterocycles. The number of aliphatic hydroxyl groups is 1.